The first-order valence-electron chi connectivity index (χ1n) is 6.36. The summed E-state index contributed by atoms with van der Waals surface area (Å²) in [6.45, 7) is 4.68. The summed E-state index contributed by atoms with van der Waals surface area (Å²) in [5.74, 6) is 0.344. The fourth-order valence-electron chi connectivity index (χ4n) is 1.60. The zero-order valence-corrected chi connectivity index (χ0v) is 12.7. The first-order valence-corrected chi connectivity index (χ1v) is 7.84. The van der Waals surface area contributed by atoms with Gasteiger partial charge in [-0.2, -0.15) is 0 Å². The van der Waals surface area contributed by atoms with Crippen LogP contribution in [0.1, 0.15) is 13.8 Å². The highest BCUT2D eigenvalue weighted by atomic mass is 32.2. The van der Waals surface area contributed by atoms with Crippen LogP contribution in [0.15, 0.2) is 23.1 Å². The molecular formula is C12H19N3O5S. The molecule has 0 radical (unpaired) electrons. The second-order valence-corrected chi connectivity index (χ2v) is 6.55. The Morgan fingerprint density at radius 2 is 2.10 bits per heavy atom. The molecule has 0 aromatic heterocycles. The number of nitrogens with one attached hydrogen (secondary N) is 1. The van der Waals surface area contributed by atoms with Crippen molar-refractivity contribution in [2.45, 2.75) is 18.7 Å². The molecule has 0 amide bonds. The molecule has 0 bridgehead atoms. The van der Waals surface area contributed by atoms with Crippen molar-refractivity contribution in [3.63, 3.8) is 0 Å². The van der Waals surface area contributed by atoms with Gasteiger partial charge >= 0.3 is 5.69 Å². The molecule has 0 aliphatic carbocycles. The van der Waals surface area contributed by atoms with E-state index in [2.05, 4.69) is 4.72 Å². The topological polar surface area (TPSA) is 125 Å². The fourth-order valence-corrected chi connectivity index (χ4v) is 2.81. The number of anilines is 1. The van der Waals surface area contributed by atoms with E-state index in [4.69, 9.17) is 10.5 Å². The molecular weight excluding hydrogens is 298 g/mol. The Labute approximate surface area is 123 Å². The number of nitrogens with two attached hydrogens (primary N) is 1. The number of nitrogens with zero attached hydrogens (tertiary/aromatic N) is 1. The van der Waals surface area contributed by atoms with E-state index in [1.54, 1.807) is 0 Å². The molecule has 0 heterocycles. The van der Waals surface area contributed by atoms with Gasteiger partial charge in [0.05, 0.1) is 11.5 Å². The van der Waals surface area contributed by atoms with E-state index in [9.17, 15) is 18.5 Å². The number of ether oxygens (including phenoxy) is 1. The van der Waals surface area contributed by atoms with Crippen LogP contribution in [0.25, 0.3) is 0 Å². The van der Waals surface area contributed by atoms with Gasteiger partial charge in [-0.3, -0.25) is 10.1 Å². The molecule has 1 aromatic rings. The van der Waals surface area contributed by atoms with E-state index < -0.39 is 25.5 Å². The van der Waals surface area contributed by atoms with Crippen LogP contribution < -0.4 is 10.5 Å². The highest BCUT2D eigenvalue weighted by Gasteiger charge is 2.27. The molecule has 0 fully saturated rings. The van der Waals surface area contributed by atoms with E-state index in [1.807, 2.05) is 13.8 Å². The lowest BCUT2D eigenvalue weighted by atomic mass is 10.2. The minimum Gasteiger partial charge on any atom is -0.393 e. The van der Waals surface area contributed by atoms with Crippen molar-refractivity contribution >= 4 is 21.4 Å². The third-order valence-electron chi connectivity index (χ3n) is 2.49. The van der Waals surface area contributed by atoms with E-state index in [-0.39, 0.29) is 18.8 Å². The lowest BCUT2D eigenvalue weighted by Crippen LogP contribution is -2.28. The first kappa shape index (κ1) is 17.3. The summed E-state index contributed by atoms with van der Waals surface area (Å²) < 4.78 is 31.7. The highest BCUT2D eigenvalue weighted by Crippen LogP contribution is 2.29. The molecule has 118 valence electrons. The van der Waals surface area contributed by atoms with Crippen molar-refractivity contribution in [2.75, 3.05) is 25.5 Å². The third-order valence-corrected chi connectivity index (χ3v) is 3.98. The molecule has 1 aromatic carbocycles. The Hall–Kier alpha value is -1.71. The van der Waals surface area contributed by atoms with Crippen LogP contribution in [0.2, 0.25) is 0 Å². The lowest BCUT2D eigenvalue weighted by Gasteiger charge is -2.09. The number of hydrogen-bond acceptors (Lipinski definition) is 6. The second kappa shape index (κ2) is 7.34. The molecule has 21 heavy (non-hydrogen) atoms. The zero-order valence-electron chi connectivity index (χ0n) is 11.9. The Morgan fingerprint density at radius 3 is 2.67 bits per heavy atom. The molecule has 0 aliphatic rings. The summed E-state index contributed by atoms with van der Waals surface area (Å²) in [5.41, 5.74) is 4.66. The van der Waals surface area contributed by atoms with Gasteiger partial charge in [-0.15, -0.1) is 0 Å². The predicted octanol–water partition coefficient (Wildman–Crippen LogP) is 1.13. The number of benzene rings is 1. The standard InChI is InChI=1S/C12H19N3O5S/c1-9(2)8-20-7-6-14-21(18,19)11-5-3-4-10(13)12(11)15(16)17/h3-5,9,14H,6-8,13H2,1-2H3. The van der Waals surface area contributed by atoms with Crippen LogP contribution in [0, 0.1) is 16.0 Å². The van der Waals surface area contributed by atoms with E-state index in [0.717, 1.165) is 6.07 Å². The Bertz CT molecular complexity index is 601. The second-order valence-electron chi connectivity index (χ2n) is 4.82. The largest absolute Gasteiger partial charge is 0.393 e. The van der Waals surface area contributed by atoms with Crippen molar-refractivity contribution in [1.82, 2.24) is 4.72 Å². The predicted molar refractivity (Wildman–Crippen MR) is 78.4 cm³/mol. The van der Waals surface area contributed by atoms with E-state index in [1.165, 1.54) is 12.1 Å². The summed E-state index contributed by atoms with van der Waals surface area (Å²) >= 11 is 0. The van der Waals surface area contributed by atoms with Gasteiger partial charge in [-0.05, 0) is 18.1 Å². The van der Waals surface area contributed by atoms with Crippen molar-refractivity contribution < 1.29 is 18.1 Å². The average Bonchev–Trinajstić information content (AvgIpc) is 2.37. The molecule has 0 aliphatic heterocycles. The average molecular weight is 317 g/mol. The maximum Gasteiger partial charge on any atom is 0.312 e. The molecule has 0 saturated carbocycles. The van der Waals surface area contributed by atoms with Gasteiger partial charge in [0.2, 0.25) is 10.0 Å². The van der Waals surface area contributed by atoms with Crippen LogP contribution in [0.3, 0.4) is 0 Å². The van der Waals surface area contributed by atoms with Crippen molar-refractivity contribution in [3.8, 4) is 0 Å². The van der Waals surface area contributed by atoms with Gasteiger partial charge in [-0.25, -0.2) is 13.1 Å². The number of nitrogen functional groups attached to an aromatic ring is 1. The van der Waals surface area contributed by atoms with Gasteiger partial charge in [0, 0.05) is 13.2 Å². The van der Waals surface area contributed by atoms with Crippen LogP contribution in [-0.2, 0) is 14.8 Å². The van der Waals surface area contributed by atoms with E-state index >= 15 is 0 Å². The number of nitro groups is 1. The van der Waals surface area contributed by atoms with Crippen LogP contribution >= 0.6 is 0 Å². The van der Waals surface area contributed by atoms with Crippen molar-refractivity contribution in [2.24, 2.45) is 5.92 Å². The number of para-hydroxylation sites is 1. The molecule has 0 saturated heterocycles. The zero-order chi connectivity index (χ0) is 16.0. The minimum absolute atomic E-state index is 0.0288. The maximum absolute atomic E-state index is 12.1. The molecule has 9 heteroatoms. The van der Waals surface area contributed by atoms with Gasteiger partial charge in [0.15, 0.2) is 4.90 Å². The fraction of sp³-hybridized carbons (Fsp3) is 0.500. The van der Waals surface area contributed by atoms with Crippen molar-refractivity contribution in [3.05, 3.63) is 28.3 Å². The quantitative estimate of drug-likeness (QED) is 0.320. The van der Waals surface area contributed by atoms with Gasteiger partial charge < -0.3 is 10.5 Å². The van der Waals surface area contributed by atoms with Crippen LogP contribution in [0.4, 0.5) is 11.4 Å². The SMILES string of the molecule is CC(C)COCCNS(=O)(=O)c1cccc(N)c1[N+](=O)[O-]. The molecule has 0 unspecified atom stereocenters. The summed E-state index contributed by atoms with van der Waals surface area (Å²) in [6.07, 6.45) is 0. The summed E-state index contributed by atoms with van der Waals surface area (Å²) in [7, 11) is -4.01. The van der Waals surface area contributed by atoms with Crippen LogP contribution in [-0.4, -0.2) is 33.1 Å². The number of nitro benzene ring substituents is 1. The molecule has 0 spiro atoms. The van der Waals surface area contributed by atoms with Gasteiger partial charge in [-0.1, -0.05) is 19.9 Å². The number of sulfonamides is 1. The summed E-state index contributed by atoms with van der Waals surface area (Å²) in [5, 5.41) is 10.9. The smallest absolute Gasteiger partial charge is 0.312 e. The number of hydrogen-bond donors (Lipinski definition) is 2. The Kier molecular flexibility index (Phi) is 6.06. The van der Waals surface area contributed by atoms with Crippen LogP contribution in [0.5, 0.6) is 0 Å². The van der Waals surface area contributed by atoms with Gasteiger partial charge in [0.25, 0.3) is 0 Å². The monoisotopic (exact) mass is 317 g/mol. The number of rotatable bonds is 8. The molecule has 1 rings (SSSR count). The van der Waals surface area contributed by atoms with Crippen molar-refractivity contribution in [1.29, 1.82) is 0 Å². The Morgan fingerprint density at radius 1 is 1.43 bits per heavy atom. The summed E-state index contributed by atoms with van der Waals surface area (Å²) in [4.78, 5) is 9.69. The normalized spacial score (nSPS) is 11.8. The maximum atomic E-state index is 12.1. The third kappa shape index (κ3) is 4.96. The Balaban J connectivity index is 2.80. The molecule has 0 atom stereocenters. The highest BCUT2D eigenvalue weighted by molar-refractivity contribution is 7.89. The summed E-state index contributed by atoms with van der Waals surface area (Å²) in [6, 6.07) is 3.78. The first-order chi connectivity index (χ1) is 9.75. The minimum atomic E-state index is -4.01. The molecule has 3 N–H and O–H groups in total. The van der Waals surface area contributed by atoms with Gasteiger partial charge in [0.1, 0.15) is 5.69 Å². The lowest BCUT2D eigenvalue weighted by molar-refractivity contribution is -0.386. The molecule has 8 nitrogen and oxygen atoms in total. The van der Waals surface area contributed by atoms with E-state index in [0.29, 0.717) is 12.5 Å².